The summed E-state index contributed by atoms with van der Waals surface area (Å²) in [7, 11) is 0. The first-order valence-corrected chi connectivity index (χ1v) is 6.65. The summed E-state index contributed by atoms with van der Waals surface area (Å²) in [5.74, 6) is -1.89. The number of rotatable bonds is 7. The van der Waals surface area contributed by atoms with Gasteiger partial charge in [-0.15, -0.1) is 0 Å². The fourth-order valence-electron chi connectivity index (χ4n) is 1.78. The Morgan fingerprint density at radius 2 is 2.00 bits per heavy atom. The van der Waals surface area contributed by atoms with Gasteiger partial charge in [-0.2, -0.15) is 0 Å². The largest absolute Gasteiger partial charge is 0.480 e. The van der Waals surface area contributed by atoms with Crippen LogP contribution in [0.4, 0.5) is 0 Å². The lowest BCUT2D eigenvalue weighted by atomic mass is 10.0. The number of hydrogen-bond donors (Lipinski definition) is 3. The Labute approximate surface area is 122 Å². The fraction of sp³-hybridized carbons (Fsp3) is 0.500. The number of carboxylic acid groups (broad SMARTS) is 1. The zero-order chi connectivity index (χ0) is 16.0. The van der Waals surface area contributed by atoms with Crippen molar-refractivity contribution in [3.63, 3.8) is 0 Å². The molecule has 1 aromatic rings. The van der Waals surface area contributed by atoms with Gasteiger partial charge in [-0.1, -0.05) is 13.8 Å². The number of carboxylic acids is 1. The molecule has 0 saturated heterocycles. The van der Waals surface area contributed by atoms with E-state index in [9.17, 15) is 14.4 Å². The second-order valence-electron chi connectivity index (χ2n) is 5.20. The number of nitrogens with one attached hydrogen (secondary N) is 2. The lowest BCUT2D eigenvalue weighted by Crippen LogP contribution is -2.46. The molecule has 116 valence electrons. The van der Waals surface area contributed by atoms with E-state index < -0.39 is 23.8 Å². The molecule has 0 saturated carbocycles. The van der Waals surface area contributed by atoms with Gasteiger partial charge in [0.25, 0.3) is 5.91 Å². The summed E-state index contributed by atoms with van der Waals surface area (Å²) >= 11 is 0. The van der Waals surface area contributed by atoms with Crippen LogP contribution in [0.5, 0.6) is 0 Å². The molecule has 1 heterocycles. The lowest BCUT2D eigenvalue weighted by molar-refractivity contribution is -0.142. The first kappa shape index (κ1) is 16.7. The number of carbonyl (C=O) groups is 3. The van der Waals surface area contributed by atoms with Gasteiger partial charge in [-0.25, -0.2) is 4.79 Å². The number of hydrogen-bond acceptors (Lipinski definition) is 4. The molecule has 0 unspecified atom stereocenters. The van der Waals surface area contributed by atoms with Crippen molar-refractivity contribution in [1.29, 1.82) is 0 Å². The van der Waals surface area contributed by atoms with E-state index in [0.717, 1.165) is 0 Å². The van der Waals surface area contributed by atoms with E-state index >= 15 is 0 Å². The van der Waals surface area contributed by atoms with Gasteiger partial charge in [-0.05, 0) is 25.3 Å². The highest BCUT2D eigenvalue weighted by Gasteiger charge is 2.21. The van der Waals surface area contributed by atoms with E-state index in [1.165, 1.54) is 6.26 Å². The van der Waals surface area contributed by atoms with Crippen molar-refractivity contribution in [2.75, 3.05) is 6.54 Å². The molecule has 0 fully saturated rings. The van der Waals surface area contributed by atoms with Crippen molar-refractivity contribution >= 4 is 17.8 Å². The van der Waals surface area contributed by atoms with Crippen LogP contribution in [0.1, 0.15) is 36.4 Å². The number of carbonyl (C=O) groups excluding carboxylic acids is 2. The van der Waals surface area contributed by atoms with Gasteiger partial charge in [0.1, 0.15) is 6.04 Å². The van der Waals surface area contributed by atoms with E-state index in [2.05, 4.69) is 10.6 Å². The molecule has 0 aliphatic rings. The maximum atomic E-state index is 11.7. The molecular weight excluding hydrogens is 276 g/mol. The second kappa shape index (κ2) is 7.47. The van der Waals surface area contributed by atoms with Crippen LogP contribution in [0.3, 0.4) is 0 Å². The fourth-order valence-corrected chi connectivity index (χ4v) is 1.78. The van der Waals surface area contributed by atoms with Gasteiger partial charge >= 0.3 is 5.97 Å². The molecule has 1 aromatic heterocycles. The minimum Gasteiger partial charge on any atom is -0.480 e. The van der Waals surface area contributed by atoms with Gasteiger partial charge in [0.05, 0.1) is 12.8 Å². The van der Waals surface area contributed by atoms with E-state index in [1.807, 2.05) is 13.8 Å². The van der Waals surface area contributed by atoms with Gasteiger partial charge in [0.15, 0.2) is 5.76 Å². The van der Waals surface area contributed by atoms with Crippen LogP contribution >= 0.6 is 0 Å². The van der Waals surface area contributed by atoms with Crippen LogP contribution in [0, 0.1) is 12.8 Å². The number of aryl methyl sites for hydroxylation is 1. The Hall–Kier alpha value is -2.31. The average molecular weight is 296 g/mol. The third kappa shape index (κ3) is 5.29. The summed E-state index contributed by atoms with van der Waals surface area (Å²) < 4.78 is 4.99. The normalized spacial score (nSPS) is 12.0. The van der Waals surface area contributed by atoms with Crippen molar-refractivity contribution in [3.8, 4) is 0 Å². The minimum atomic E-state index is -1.09. The smallest absolute Gasteiger partial charge is 0.326 e. The van der Waals surface area contributed by atoms with Gasteiger partial charge in [0.2, 0.25) is 5.91 Å². The molecule has 0 aromatic carbocycles. The van der Waals surface area contributed by atoms with Crippen LogP contribution in [0.15, 0.2) is 16.7 Å². The molecule has 7 heteroatoms. The van der Waals surface area contributed by atoms with Crippen LogP contribution in [-0.2, 0) is 9.59 Å². The number of amides is 2. The van der Waals surface area contributed by atoms with Crippen LogP contribution < -0.4 is 10.6 Å². The topological polar surface area (TPSA) is 109 Å². The summed E-state index contributed by atoms with van der Waals surface area (Å²) in [5, 5.41) is 13.8. The maximum Gasteiger partial charge on any atom is 0.326 e. The zero-order valence-corrected chi connectivity index (χ0v) is 12.3. The highest BCUT2D eigenvalue weighted by Crippen LogP contribution is 2.08. The van der Waals surface area contributed by atoms with Crippen molar-refractivity contribution < 1.29 is 23.9 Å². The van der Waals surface area contributed by atoms with Crippen LogP contribution in [0.25, 0.3) is 0 Å². The molecule has 0 aliphatic carbocycles. The first-order chi connectivity index (χ1) is 9.81. The highest BCUT2D eigenvalue weighted by atomic mass is 16.4. The lowest BCUT2D eigenvalue weighted by Gasteiger charge is -2.16. The van der Waals surface area contributed by atoms with Crippen molar-refractivity contribution in [2.45, 2.75) is 33.2 Å². The molecule has 3 N–H and O–H groups in total. The predicted octanol–water partition coefficient (Wildman–Crippen LogP) is 0.933. The molecule has 21 heavy (non-hydrogen) atoms. The summed E-state index contributed by atoms with van der Waals surface area (Å²) in [4.78, 5) is 34.4. The Morgan fingerprint density at radius 3 is 2.48 bits per heavy atom. The van der Waals surface area contributed by atoms with E-state index in [-0.39, 0.29) is 18.2 Å². The summed E-state index contributed by atoms with van der Waals surface area (Å²) in [6.07, 6.45) is 1.71. The molecule has 2 amide bonds. The van der Waals surface area contributed by atoms with Gasteiger partial charge < -0.3 is 20.2 Å². The molecule has 1 rings (SSSR count). The Morgan fingerprint density at radius 1 is 1.33 bits per heavy atom. The van der Waals surface area contributed by atoms with Crippen LogP contribution in [0.2, 0.25) is 0 Å². The minimum absolute atomic E-state index is 0.131. The molecule has 7 nitrogen and oxygen atoms in total. The van der Waals surface area contributed by atoms with E-state index in [1.54, 1.807) is 13.0 Å². The SMILES string of the molecule is Cc1ccoc1C(=O)NCC(=O)N[C@@H](CC(C)C)C(=O)O. The molecule has 1 atom stereocenters. The van der Waals surface area contributed by atoms with Gasteiger partial charge in [0, 0.05) is 5.56 Å². The Kier molecular flexibility index (Phi) is 5.95. The Bertz CT molecular complexity index is 521. The van der Waals surface area contributed by atoms with E-state index in [0.29, 0.717) is 12.0 Å². The third-order valence-electron chi connectivity index (χ3n) is 2.82. The molecular formula is C14H20N2O5. The predicted molar refractivity (Wildman–Crippen MR) is 74.8 cm³/mol. The summed E-state index contributed by atoms with van der Waals surface area (Å²) in [6, 6.07) is 0.678. The monoisotopic (exact) mass is 296 g/mol. The standard InChI is InChI=1S/C14H20N2O5/c1-8(2)6-10(14(19)20)16-11(17)7-15-13(18)12-9(3)4-5-21-12/h4-5,8,10H,6-7H2,1-3H3,(H,15,18)(H,16,17)(H,19,20)/t10-/m0/s1. The molecule has 0 spiro atoms. The third-order valence-corrected chi connectivity index (χ3v) is 2.82. The van der Waals surface area contributed by atoms with Crippen molar-refractivity contribution in [1.82, 2.24) is 10.6 Å². The average Bonchev–Trinajstić information content (AvgIpc) is 2.81. The Balaban J connectivity index is 2.48. The molecule has 0 radical (unpaired) electrons. The quantitative estimate of drug-likeness (QED) is 0.693. The van der Waals surface area contributed by atoms with Crippen molar-refractivity contribution in [3.05, 3.63) is 23.7 Å². The number of furan rings is 1. The van der Waals surface area contributed by atoms with Crippen molar-refractivity contribution in [2.24, 2.45) is 5.92 Å². The highest BCUT2D eigenvalue weighted by molar-refractivity contribution is 5.95. The molecule has 0 aliphatic heterocycles. The molecule has 0 bridgehead atoms. The first-order valence-electron chi connectivity index (χ1n) is 6.65. The summed E-state index contributed by atoms with van der Waals surface area (Å²) in [6.45, 7) is 5.13. The second-order valence-corrected chi connectivity index (χ2v) is 5.20. The van der Waals surface area contributed by atoms with Gasteiger partial charge in [-0.3, -0.25) is 9.59 Å². The van der Waals surface area contributed by atoms with E-state index in [4.69, 9.17) is 9.52 Å². The number of aliphatic carboxylic acids is 1. The van der Waals surface area contributed by atoms with Crippen LogP contribution in [-0.4, -0.2) is 35.5 Å². The zero-order valence-electron chi connectivity index (χ0n) is 12.3. The summed E-state index contributed by atoms with van der Waals surface area (Å²) in [5.41, 5.74) is 0.663. The maximum absolute atomic E-state index is 11.7.